The fraction of sp³-hybridized carbons (Fsp3) is 0.355. The minimum absolute atomic E-state index is 0.000423. The summed E-state index contributed by atoms with van der Waals surface area (Å²) in [5.74, 6) is -3.23. The number of nitrogen functional groups attached to an aromatic ring is 1. The van der Waals surface area contributed by atoms with Gasteiger partial charge in [-0.25, -0.2) is 18.3 Å². The Morgan fingerprint density at radius 3 is 2.50 bits per heavy atom. The molecule has 2 aliphatic rings. The van der Waals surface area contributed by atoms with Crippen LogP contribution in [0.4, 0.5) is 27.8 Å². The monoisotopic (exact) mass is 661 g/mol. The van der Waals surface area contributed by atoms with E-state index in [1.54, 1.807) is 16.6 Å². The topological polar surface area (TPSA) is 109 Å². The number of nitrogens with zero attached hydrogens (tertiary/aromatic N) is 5. The van der Waals surface area contributed by atoms with Gasteiger partial charge in [-0.15, -0.1) is 0 Å². The van der Waals surface area contributed by atoms with Crippen LogP contribution < -0.4 is 11.1 Å². The zero-order chi connectivity index (χ0) is 32.7. The number of aromatic nitrogens is 3. The number of benzene rings is 2. The van der Waals surface area contributed by atoms with Gasteiger partial charge in [-0.3, -0.25) is 14.5 Å². The number of carbonyl (C=O) groups excluding carboxylic acids is 2. The number of halogens is 6. The molecule has 242 valence electrons. The van der Waals surface area contributed by atoms with Gasteiger partial charge < -0.3 is 16.0 Å². The van der Waals surface area contributed by atoms with Crippen LogP contribution >= 0.6 is 11.6 Å². The van der Waals surface area contributed by atoms with Gasteiger partial charge in [-0.1, -0.05) is 29.8 Å². The third-order valence-corrected chi connectivity index (χ3v) is 8.90. The first-order valence-electron chi connectivity index (χ1n) is 14.6. The molecule has 2 saturated heterocycles. The second-order valence-electron chi connectivity index (χ2n) is 11.5. The number of likely N-dealkylation sites (tertiary alicyclic amines) is 2. The summed E-state index contributed by atoms with van der Waals surface area (Å²) in [4.78, 5) is 33.3. The van der Waals surface area contributed by atoms with Gasteiger partial charge in [0.2, 0.25) is 0 Å². The summed E-state index contributed by atoms with van der Waals surface area (Å²) >= 11 is 6.40. The maximum atomic E-state index is 15.0. The lowest BCUT2D eigenvalue weighted by Crippen LogP contribution is -2.42. The van der Waals surface area contributed by atoms with E-state index < -0.39 is 41.9 Å². The summed E-state index contributed by atoms with van der Waals surface area (Å²) in [6.07, 6.45) is -4.55. The molecule has 6 rings (SSSR count). The van der Waals surface area contributed by atoms with E-state index in [4.69, 9.17) is 17.3 Å². The van der Waals surface area contributed by atoms with Crippen molar-refractivity contribution in [2.24, 2.45) is 5.92 Å². The van der Waals surface area contributed by atoms with Crippen molar-refractivity contribution in [2.45, 2.75) is 37.8 Å². The molecule has 2 aromatic heterocycles. The van der Waals surface area contributed by atoms with E-state index in [1.165, 1.54) is 36.7 Å². The van der Waals surface area contributed by atoms with Crippen LogP contribution in [0.5, 0.6) is 0 Å². The van der Waals surface area contributed by atoms with Gasteiger partial charge >= 0.3 is 6.18 Å². The summed E-state index contributed by atoms with van der Waals surface area (Å²) < 4.78 is 70.3. The van der Waals surface area contributed by atoms with Crippen molar-refractivity contribution in [3.8, 4) is 11.3 Å². The van der Waals surface area contributed by atoms with E-state index in [1.807, 2.05) is 4.90 Å². The molecule has 4 heterocycles. The van der Waals surface area contributed by atoms with E-state index >= 15 is 0 Å². The largest absolute Gasteiger partial charge is 0.391 e. The van der Waals surface area contributed by atoms with Crippen molar-refractivity contribution < 1.29 is 31.5 Å². The molecule has 2 aromatic carbocycles. The molecule has 2 atom stereocenters. The van der Waals surface area contributed by atoms with Crippen molar-refractivity contribution >= 4 is 34.7 Å². The molecular formula is C31H29ClF5N7O2. The van der Waals surface area contributed by atoms with Crippen LogP contribution in [-0.2, 0) is 6.54 Å². The van der Waals surface area contributed by atoms with E-state index in [-0.39, 0.29) is 61.0 Å². The Bertz CT molecular complexity index is 1790. The Morgan fingerprint density at radius 1 is 1.04 bits per heavy atom. The third-order valence-electron chi connectivity index (χ3n) is 8.57. The van der Waals surface area contributed by atoms with Crippen LogP contribution in [0.3, 0.4) is 0 Å². The van der Waals surface area contributed by atoms with Crippen molar-refractivity contribution in [3.05, 3.63) is 82.4 Å². The number of fused-ring (bicyclic) bond motifs is 1. The highest BCUT2D eigenvalue weighted by Gasteiger charge is 2.41. The Hall–Kier alpha value is -4.30. The number of nitrogens with two attached hydrogens (primary N) is 1. The third kappa shape index (κ3) is 6.23. The van der Waals surface area contributed by atoms with Crippen molar-refractivity contribution in [1.29, 1.82) is 0 Å². The average Bonchev–Trinajstić information content (AvgIpc) is 3.57. The maximum Gasteiger partial charge on any atom is 0.391 e. The number of rotatable bonds is 6. The second kappa shape index (κ2) is 12.5. The Balaban J connectivity index is 1.22. The van der Waals surface area contributed by atoms with Crippen molar-refractivity contribution in [3.63, 3.8) is 0 Å². The first-order chi connectivity index (χ1) is 21.9. The van der Waals surface area contributed by atoms with Crippen LogP contribution in [-0.4, -0.2) is 80.8 Å². The molecule has 3 N–H and O–H groups in total. The van der Waals surface area contributed by atoms with Gasteiger partial charge in [0.05, 0.1) is 40.3 Å². The Labute approximate surface area is 265 Å². The summed E-state index contributed by atoms with van der Waals surface area (Å²) in [5, 5.41) is 7.04. The number of amides is 2. The smallest absolute Gasteiger partial charge is 0.382 e. The molecule has 0 bridgehead atoms. The quantitative estimate of drug-likeness (QED) is 0.277. The number of piperidine rings is 1. The fourth-order valence-electron chi connectivity index (χ4n) is 6.11. The molecule has 0 unspecified atom stereocenters. The van der Waals surface area contributed by atoms with Crippen molar-refractivity contribution in [1.82, 2.24) is 29.7 Å². The molecule has 46 heavy (non-hydrogen) atoms. The number of hydrogen-bond acceptors (Lipinski definition) is 6. The summed E-state index contributed by atoms with van der Waals surface area (Å²) in [5.41, 5.74) is 8.29. The zero-order valence-corrected chi connectivity index (χ0v) is 25.0. The van der Waals surface area contributed by atoms with Gasteiger partial charge in [0.25, 0.3) is 11.8 Å². The Kier molecular flexibility index (Phi) is 8.59. The highest BCUT2D eigenvalue weighted by atomic mass is 35.5. The van der Waals surface area contributed by atoms with Crippen LogP contribution in [0.2, 0.25) is 5.02 Å². The Morgan fingerprint density at radius 2 is 1.78 bits per heavy atom. The molecule has 0 aliphatic carbocycles. The molecular weight excluding hydrogens is 633 g/mol. The van der Waals surface area contributed by atoms with E-state index in [9.17, 15) is 31.5 Å². The van der Waals surface area contributed by atoms with Crippen LogP contribution in [0, 0.1) is 11.7 Å². The molecule has 0 radical (unpaired) electrons. The summed E-state index contributed by atoms with van der Waals surface area (Å²) in [6, 6.07) is 10.8. The number of anilines is 1. The standard InChI is InChI=1S/C31H29ClF5N7O2/c32-22-6-5-17(11-21(22)29(45)41-25-15-43(14-24(25)34)30(46)20-3-1-2-4-23(20)33)26-12-18(27-28(38)39-16-40-44(26)27)13-42-9-7-19(8-10-42)31(35,36)37/h1-6,11-12,16,19,24-25H,7-10,13-15H2,(H,41,45)(H2,38,39,40)/t24-,25+/m0/s1. The maximum absolute atomic E-state index is 15.0. The minimum atomic E-state index is -4.22. The second-order valence-corrected chi connectivity index (χ2v) is 11.9. The summed E-state index contributed by atoms with van der Waals surface area (Å²) in [7, 11) is 0. The summed E-state index contributed by atoms with van der Waals surface area (Å²) in [6.45, 7) is 0.347. The average molecular weight is 662 g/mol. The van der Waals surface area contributed by atoms with Gasteiger partial charge in [0.1, 0.15) is 23.8 Å². The first kappa shape index (κ1) is 31.7. The molecule has 4 aromatic rings. The zero-order valence-electron chi connectivity index (χ0n) is 24.3. The normalized spacial score (nSPS) is 19.6. The molecule has 2 amide bonds. The molecule has 0 saturated carbocycles. The lowest BCUT2D eigenvalue weighted by Gasteiger charge is -2.32. The number of alkyl halides is 4. The van der Waals surface area contributed by atoms with Crippen molar-refractivity contribution in [2.75, 3.05) is 31.9 Å². The van der Waals surface area contributed by atoms with Crippen LogP contribution in [0.1, 0.15) is 39.1 Å². The number of hydrogen-bond donors (Lipinski definition) is 2. The molecule has 2 aliphatic heterocycles. The number of nitrogens with one attached hydrogen (secondary N) is 1. The lowest BCUT2D eigenvalue weighted by molar-refractivity contribution is -0.185. The van der Waals surface area contributed by atoms with Gasteiger partial charge in [-0.2, -0.15) is 18.3 Å². The number of carbonyl (C=O) groups is 2. The van der Waals surface area contributed by atoms with E-state index in [0.717, 1.165) is 11.0 Å². The van der Waals surface area contributed by atoms with Gasteiger partial charge in [-0.05, 0) is 61.8 Å². The molecule has 0 spiro atoms. The molecule has 2 fully saturated rings. The highest BCUT2D eigenvalue weighted by Crippen LogP contribution is 2.36. The van der Waals surface area contributed by atoms with E-state index in [0.29, 0.717) is 28.9 Å². The first-order valence-corrected chi connectivity index (χ1v) is 15.0. The van der Waals surface area contributed by atoms with Gasteiger partial charge in [0.15, 0.2) is 5.82 Å². The van der Waals surface area contributed by atoms with Crippen LogP contribution in [0.25, 0.3) is 16.8 Å². The fourth-order valence-corrected chi connectivity index (χ4v) is 6.31. The minimum Gasteiger partial charge on any atom is -0.382 e. The molecule has 15 heteroatoms. The van der Waals surface area contributed by atoms with E-state index in [2.05, 4.69) is 15.4 Å². The lowest BCUT2D eigenvalue weighted by atomic mass is 9.96. The van der Waals surface area contributed by atoms with Crippen LogP contribution in [0.15, 0.2) is 54.9 Å². The van der Waals surface area contributed by atoms with Gasteiger partial charge in [0, 0.05) is 18.7 Å². The molecule has 9 nitrogen and oxygen atoms in total. The SMILES string of the molecule is Nc1ncnn2c(-c3ccc(Cl)c(C(=O)N[C@@H]4CN(C(=O)c5ccccc5F)C[C@@H]4F)c3)cc(CN3CCC(C(F)(F)F)CC3)c12. The predicted molar refractivity (Wildman–Crippen MR) is 160 cm³/mol. The predicted octanol–water partition coefficient (Wildman–Crippen LogP) is 5.14. The highest BCUT2D eigenvalue weighted by molar-refractivity contribution is 6.34.